The van der Waals surface area contributed by atoms with Gasteiger partial charge in [0, 0.05) is 17.1 Å². The van der Waals surface area contributed by atoms with Gasteiger partial charge in [0.15, 0.2) is 0 Å². The number of rotatable bonds is 5. The Labute approximate surface area is 165 Å². The van der Waals surface area contributed by atoms with Gasteiger partial charge in [-0.25, -0.2) is 4.79 Å². The number of allylic oxidation sites excluding steroid dienone is 1. The van der Waals surface area contributed by atoms with Crippen LogP contribution in [0.15, 0.2) is 23.8 Å². The molecule has 0 aliphatic heterocycles. The lowest BCUT2D eigenvalue weighted by molar-refractivity contribution is -0.248. The van der Waals surface area contributed by atoms with E-state index in [4.69, 9.17) is 9.47 Å². The molecule has 5 unspecified atom stereocenters. The minimum atomic E-state index is -1.52. The lowest BCUT2D eigenvalue weighted by Crippen LogP contribution is -2.73. The van der Waals surface area contributed by atoms with E-state index in [1.807, 2.05) is 13.8 Å². The third kappa shape index (κ3) is 2.65. The Morgan fingerprint density at radius 2 is 2.07 bits per heavy atom. The summed E-state index contributed by atoms with van der Waals surface area (Å²) in [5, 5.41) is 21.7. The lowest BCUT2D eigenvalue weighted by Gasteiger charge is -2.65. The van der Waals surface area contributed by atoms with Crippen molar-refractivity contribution in [2.45, 2.75) is 52.2 Å². The van der Waals surface area contributed by atoms with Gasteiger partial charge in [0.05, 0.1) is 7.11 Å². The fraction of sp³-hybridized carbons (Fsp3) is 0.545. The van der Waals surface area contributed by atoms with Crippen molar-refractivity contribution in [1.29, 1.82) is 0 Å². The molecule has 6 nitrogen and oxygen atoms in total. The van der Waals surface area contributed by atoms with E-state index in [1.165, 1.54) is 13.2 Å². The van der Waals surface area contributed by atoms with Crippen LogP contribution >= 0.6 is 0 Å². The van der Waals surface area contributed by atoms with Crippen molar-refractivity contribution in [3.63, 3.8) is 0 Å². The molecule has 0 amide bonds. The number of esters is 1. The summed E-state index contributed by atoms with van der Waals surface area (Å²) in [6, 6.07) is 2.97. The SMILES string of the molecule is CCC1C(C)C=C(C=O)C2(O)C(OC(=O)c3c(C)cc(OC)cc3O)CC12C. The highest BCUT2D eigenvalue weighted by molar-refractivity contribution is 5.94. The number of fused-ring (bicyclic) bond motifs is 1. The highest BCUT2D eigenvalue weighted by atomic mass is 16.6. The third-order valence-electron chi connectivity index (χ3n) is 6.83. The molecule has 6 heteroatoms. The molecule has 1 fully saturated rings. The van der Waals surface area contributed by atoms with Gasteiger partial charge in [-0.15, -0.1) is 0 Å². The molecular formula is C22H28O6. The van der Waals surface area contributed by atoms with Crippen molar-refractivity contribution < 1.29 is 29.3 Å². The first-order chi connectivity index (χ1) is 13.1. The molecule has 0 bridgehead atoms. The summed E-state index contributed by atoms with van der Waals surface area (Å²) in [5.41, 5.74) is -1.26. The Morgan fingerprint density at radius 1 is 1.39 bits per heavy atom. The summed E-state index contributed by atoms with van der Waals surface area (Å²) in [6.07, 6.45) is 2.92. The smallest absolute Gasteiger partial charge is 0.342 e. The van der Waals surface area contributed by atoms with Crippen LogP contribution in [-0.4, -0.2) is 41.3 Å². The van der Waals surface area contributed by atoms with E-state index >= 15 is 0 Å². The molecule has 0 aromatic heterocycles. The van der Waals surface area contributed by atoms with Gasteiger partial charge in [-0.3, -0.25) is 4.79 Å². The van der Waals surface area contributed by atoms with Crippen molar-refractivity contribution in [2.75, 3.05) is 7.11 Å². The highest BCUT2D eigenvalue weighted by Gasteiger charge is 2.70. The molecule has 1 aromatic carbocycles. The minimum absolute atomic E-state index is 0.0332. The van der Waals surface area contributed by atoms with E-state index in [-0.39, 0.29) is 28.7 Å². The van der Waals surface area contributed by atoms with Gasteiger partial charge in [0.2, 0.25) is 0 Å². The first-order valence-corrected chi connectivity index (χ1v) is 9.62. The van der Waals surface area contributed by atoms with E-state index in [9.17, 15) is 19.8 Å². The van der Waals surface area contributed by atoms with Crippen molar-refractivity contribution >= 4 is 12.3 Å². The quantitative estimate of drug-likeness (QED) is 0.594. The zero-order valence-electron chi connectivity index (χ0n) is 17.0. The molecule has 2 aliphatic carbocycles. The van der Waals surface area contributed by atoms with Gasteiger partial charge >= 0.3 is 5.97 Å². The first-order valence-electron chi connectivity index (χ1n) is 9.62. The topological polar surface area (TPSA) is 93.1 Å². The second kappa shape index (κ2) is 6.92. The number of phenolic OH excluding ortho intramolecular Hbond substituents is 1. The Balaban J connectivity index is 1.92. The van der Waals surface area contributed by atoms with Crippen LogP contribution in [0.25, 0.3) is 0 Å². The summed E-state index contributed by atoms with van der Waals surface area (Å²) in [5.74, 6) is -0.215. The number of aldehydes is 1. The number of benzene rings is 1. The zero-order chi connectivity index (χ0) is 20.9. The van der Waals surface area contributed by atoms with E-state index in [1.54, 1.807) is 19.1 Å². The van der Waals surface area contributed by atoms with Crippen molar-refractivity contribution in [3.8, 4) is 11.5 Å². The van der Waals surface area contributed by atoms with Crippen molar-refractivity contribution in [2.24, 2.45) is 17.3 Å². The molecule has 0 radical (unpaired) electrons. The van der Waals surface area contributed by atoms with Crippen LogP contribution in [0.4, 0.5) is 0 Å². The number of aliphatic hydroxyl groups is 1. The lowest BCUT2D eigenvalue weighted by atomic mass is 9.43. The van der Waals surface area contributed by atoms with Gasteiger partial charge in [-0.05, 0) is 36.8 Å². The van der Waals surface area contributed by atoms with Gasteiger partial charge in [0.25, 0.3) is 0 Å². The van der Waals surface area contributed by atoms with Gasteiger partial charge < -0.3 is 19.7 Å². The second-order valence-electron chi connectivity index (χ2n) is 8.23. The fourth-order valence-corrected chi connectivity index (χ4v) is 5.37. The predicted molar refractivity (Wildman–Crippen MR) is 103 cm³/mol. The van der Waals surface area contributed by atoms with E-state index < -0.39 is 23.1 Å². The van der Waals surface area contributed by atoms with Crippen LogP contribution in [0.3, 0.4) is 0 Å². The first kappa shape index (κ1) is 20.4. The molecule has 152 valence electrons. The predicted octanol–water partition coefficient (Wildman–Crippen LogP) is 3.18. The molecular weight excluding hydrogens is 360 g/mol. The van der Waals surface area contributed by atoms with Crippen LogP contribution in [0.1, 0.15) is 49.5 Å². The van der Waals surface area contributed by atoms with E-state index in [2.05, 4.69) is 6.92 Å². The number of carbonyl (C=O) groups excluding carboxylic acids is 2. The largest absolute Gasteiger partial charge is 0.507 e. The Kier molecular flexibility index (Phi) is 5.04. The molecule has 2 aliphatic rings. The Bertz CT molecular complexity index is 820. The Morgan fingerprint density at radius 3 is 2.61 bits per heavy atom. The highest BCUT2D eigenvalue weighted by Crippen LogP contribution is 2.63. The maximum Gasteiger partial charge on any atom is 0.342 e. The number of aryl methyl sites for hydroxylation is 1. The Hall–Kier alpha value is -2.34. The molecule has 2 N–H and O–H groups in total. The number of methoxy groups -OCH3 is 1. The van der Waals surface area contributed by atoms with Crippen LogP contribution in [-0.2, 0) is 9.53 Å². The fourth-order valence-electron chi connectivity index (χ4n) is 5.37. The number of hydrogen-bond donors (Lipinski definition) is 2. The number of aromatic hydroxyl groups is 1. The van der Waals surface area contributed by atoms with Gasteiger partial charge in [-0.1, -0.05) is 33.3 Å². The van der Waals surface area contributed by atoms with E-state index in [0.717, 1.165) is 6.42 Å². The summed E-state index contributed by atoms with van der Waals surface area (Å²) in [6.45, 7) is 7.73. The second-order valence-corrected chi connectivity index (χ2v) is 8.23. The summed E-state index contributed by atoms with van der Waals surface area (Å²) in [4.78, 5) is 24.5. The average Bonchev–Trinajstić information content (AvgIpc) is 2.64. The van der Waals surface area contributed by atoms with Gasteiger partial charge in [0.1, 0.15) is 35.1 Å². The molecule has 0 spiro atoms. The molecule has 1 saturated carbocycles. The normalized spacial score (nSPS) is 33.9. The number of phenols is 1. The maximum absolute atomic E-state index is 12.8. The van der Waals surface area contributed by atoms with Crippen LogP contribution in [0.2, 0.25) is 0 Å². The standard InChI is InChI=1S/C22H28O6/c1-6-16-12(2)7-14(11-23)22(26)18(10-21(16,22)4)28-20(25)19-13(3)8-15(27-5)9-17(19)24/h7-9,11-12,16,18,24,26H,6,10H2,1-5H3. The molecule has 0 heterocycles. The van der Waals surface area contributed by atoms with Crippen LogP contribution < -0.4 is 4.74 Å². The number of hydrogen-bond acceptors (Lipinski definition) is 6. The minimum Gasteiger partial charge on any atom is -0.507 e. The summed E-state index contributed by atoms with van der Waals surface area (Å²) >= 11 is 0. The molecule has 5 atom stereocenters. The molecule has 0 saturated heterocycles. The number of ether oxygens (including phenoxy) is 2. The average molecular weight is 388 g/mol. The van der Waals surface area contributed by atoms with Crippen molar-refractivity contribution in [3.05, 3.63) is 34.9 Å². The monoisotopic (exact) mass is 388 g/mol. The molecule has 3 rings (SSSR count). The van der Waals surface area contributed by atoms with Crippen molar-refractivity contribution in [1.82, 2.24) is 0 Å². The van der Waals surface area contributed by atoms with Crippen LogP contribution in [0.5, 0.6) is 11.5 Å². The maximum atomic E-state index is 12.8. The third-order valence-corrected chi connectivity index (χ3v) is 6.83. The summed E-state index contributed by atoms with van der Waals surface area (Å²) < 4.78 is 10.7. The van der Waals surface area contributed by atoms with Crippen LogP contribution in [0, 0.1) is 24.2 Å². The van der Waals surface area contributed by atoms with Gasteiger partial charge in [-0.2, -0.15) is 0 Å². The molecule has 28 heavy (non-hydrogen) atoms. The number of carbonyl (C=O) groups is 2. The van der Waals surface area contributed by atoms with E-state index in [0.29, 0.717) is 24.0 Å². The summed E-state index contributed by atoms with van der Waals surface area (Å²) in [7, 11) is 1.47. The molecule has 1 aromatic rings. The zero-order valence-corrected chi connectivity index (χ0v) is 17.0.